The van der Waals surface area contributed by atoms with Gasteiger partial charge < -0.3 is 14.8 Å². The fraction of sp³-hybridized carbons (Fsp3) is 0.176. The lowest BCUT2D eigenvalue weighted by atomic mass is 10.1. The molecule has 3 rings (SSSR count). The predicted octanol–water partition coefficient (Wildman–Crippen LogP) is 2.65. The number of carbonyl (C=O) groups excluding carboxylic acids is 1. The smallest absolute Gasteiger partial charge is 0.255 e. The molecule has 9 heteroatoms. The largest absolute Gasteiger partial charge is 0.493 e. The van der Waals surface area contributed by atoms with E-state index in [9.17, 15) is 4.79 Å². The summed E-state index contributed by atoms with van der Waals surface area (Å²) in [6, 6.07) is 12.3. The zero-order chi connectivity index (χ0) is 18.5. The minimum Gasteiger partial charge on any atom is -0.493 e. The number of benzene rings is 2. The minimum absolute atomic E-state index is 0.259. The third-order valence-corrected chi connectivity index (χ3v) is 4.24. The Morgan fingerprint density at radius 1 is 1.12 bits per heavy atom. The molecule has 0 aliphatic carbocycles. The highest BCUT2D eigenvalue weighted by Crippen LogP contribution is 2.28. The molecule has 134 valence electrons. The summed E-state index contributed by atoms with van der Waals surface area (Å²) in [6.07, 6.45) is 1.89. The standard InChI is InChI=1S/C17H17N5O3S/c1-24-14-8-7-11(9-15(14)25-2)16(23)18-12-5-4-6-13(10-12)22-17(26-3)19-20-21-22/h4-10H,1-3H3,(H,18,23). The van der Waals surface area contributed by atoms with E-state index in [4.69, 9.17) is 9.47 Å². The molecule has 1 aromatic heterocycles. The van der Waals surface area contributed by atoms with Crippen LogP contribution < -0.4 is 14.8 Å². The van der Waals surface area contributed by atoms with E-state index in [0.717, 1.165) is 5.69 Å². The van der Waals surface area contributed by atoms with Gasteiger partial charge in [0, 0.05) is 11.3 Å². The van der Waals surface area contributed by atoms with Gasteiger partial charge in [0.15, 0.2) is 11.5 Å². The van der Waals surface area contributed by atoms with Crippen molar-refractivity contribution < 1.29 is 14.3 Å². The molecule has 8 nitrogen and oxygen atoms in total. The second-order valence-electron chi connectivity index (χ2n) is 5.15. The number of thioether (sulfide) groups is 1. The van der Waals surface area contributed by atoms with E-state index >= 15 is 0 Å². The van der Waals surface area contributed by atoms with E-state index in [-0.39, 0.29) is 5.91 Å². The number of aromatic nitrogens is 4. The Morgan fingerprint density at radius 2 is 1.92 bits per heavy atom. The quantitative estimate of drug-likeness (QED) is 0.666. The Kier molecular flexibility index (Phi) is 5.37. The third-order valence-electron chi connectivity index (χ3n) is 3.62. The Morgan fingerprint density at radius 3 is 2.65 bits per heavy atom. The van der Waals surface area contributed by atoms with Gasteiger partial charge >= 0.3 is 0 Å². The van der Waals surface area contributed by atoms with Gasteiger partial charge in [-0.05, 0) is 53.1 Å². The molecule has 1 N–H and O–H groups in total. The van der Waals surface area contributed by atoms with E-state index in [1.165, 1.54) is 18.9 Å². The summed E-state index contributed by atoms with van der Waals surface area (Å²) in [6.45, 7) is 0. The molecule has 0 saturated carbocycles. The monoisotopic (exact) mass is 371 g/mol. The van der Waals surface area contributed by atoms with Crippen LogP contribution in [0.1, 0.15) is 10.4 Å². The van der Waals surface area contributed by atoms with Crippen LogP contribution >= 0.6 is 11.8 Å². The summed E-state index contributed by atoms with van der Waals surface area (Å²) in [5.41, 5.74) is 1.84. The van der Waals surface area contributed by atoms with Gasteiger partial charge in [0.2, 0.25) is 5.16 Å². The minimum atomic E-state index is -0.259. The van der Waals surface area contributed by atoms with Crippen LogP contribution in [-0.2, 0) is 0 Å². The van der Waals surface area contributed by atoms with Crippen LogP contribution in [0.3, 0.4) is 0 Å². The van der Waals surface area contributed by atoms with Gasteiger partial charge in [-0.1, -0.05) is 17.8 Å². The molecular weight excluding hydrogens is 354 g/mol. The van der Waals surface area contributed by atoms with Crippen LogP contribution in [0.15, 0.2) is 47.6 Å². The lowest BCUT2D eigenvalue weighted by Gasteiger charge is -2.11. The van der Waals surface area contributed by atoms with Gasteiger partial charge in [-0.2, -0.15) is 4.68 Å². The van der Waals surface area contributed by atoms with E-state index in [2.05, 4.69) is 20.8 Å². The van der Waals surface area contributed by atoms with E-state index in [0.29, 0.717) is 27.9 Å². The average Bonchev–Trinajstić information content (AvgIpc) is 3.16. The molecule has 0 saturated heterocycles. The summed E-state index contributed by atoms with van der Waals surface area (Å²) in [4.78, 5) is 12.5. The molecule has 0 aliphatic heterocycles. The number of tetrazole rings is 1. The maximum atomic E-state index is 12.5. The number of amides is 1. The highest BCUT2D eigenvalue weighted by molar-refractivity contribution is 7.98. The molecule has 0 atom stereocenters. The number of anilines is 1. The van der Waals surface area contributed by atoms with Crippen molar-refractivity contribution in [2.24, 2.45) is 0 Å². The van der Waals surface area contributed by atoms with Crippen LogP contribution in [0.2, 0.25) is 0 Å². The Balaban J connectivity index is 1.83. The molecule has 26 heavy (non-hydrogen) atoms. The maximum Gasteiger partial charge on any atom is 0.255 e. The van der Waals surface area contributed by atoms with Gasteiger partial charge in [0.05, 0.1) is 19.9 Å². The fourth-order valence-electron chi connectivity index (χ4n) is 2.36. The molecular formula is C17H17N5O3S. The van der Waals surface area contributed by atoms with Gasteiger partial charge in [-0.3, -0.25) is 4.79 Å². The third kappa shape index (κ3) is 3.62. The van der Waals surface area contributed by atoms with Crippen molar-refractivity contribution in [2.75, 3.05) is 25.8 Å². The first-order valence-corrected chi connectivity index (χ1v) is 8.85. The van der Waals surface area contributed by atoms with Crippen LogP contribution in [0.4, 0.5) is 5.69 Å². The molecule has 0 unspecified atom stereocenters. The van der Waals surface area contributed by atoms with Crippen molar-refractivity contribution in [3.05, 3.63) is 48.0 Å². The molecule has 1 heterocycles. The number of ether oxygens (including phenoxy) is 2. The Bertz CT molecular complexity index is 928. The first kappa shape index (κ1) is 17.7. The van der Waals surface area contributed by atoms with Crippen molar-refractivity contribution >= 4 is 23.4 Å². The van der Waals surface area contributed by atoms with Crippen molar-refractivity contribution in [3.8, 4) is 17.2 Å². The molecule has 0 aliphatic rings. The molecule has 0 fully saturated rings. The van der Waals surface area contributed by atoms with Crippen LogP contribution in [0.5, 0.6) is 11.5 Å². The second kappa shape index (κ2) is 7.87. The van der Waals surface area contributed by atoms with Crippen molar-refractivity contribution in [3.63, 3.8) is 0 Å². The number of rotatable bonds is 6. The summed E-state index contributed by atoms with van der Waals surface area (Å²) in [5, 5.41) is 15.1. The first-order chi connectivity index (χ1) is 12.7. The molecule has 0 spiro atoms. The molecule has 3 aromatic rings. The van der Waals surface area contributed by atoms with E-state index in [1.807, 2.05) is 18.4 Å². The fourth-order valence-corrected chi connectivity index (χ4v) is 2.80. The maximum absolute atomic E-state index is 12.5. The summed E-state index contributed by atoms with van der Waals surface area (Å²) >= 11 is 1.43. The van der Waals surface area contributed by atoms with Crippen LogP contribution in [0, 0.1) is 0 Å². The van der Waals surface area contributed by atoms with E-state index in [1.54, 1.807) is 42.1 Å². The van der Waals surface area contributed by atoms with Crippen molar-refractivity contribution in [1.82, 2.24) is 20.2 Å². The lowest BCUT2D eigenvalue weighted by Crippen LogP contribution is -2.12. The zero-order valence-electron chi connectivity index (χ0n) is 14.5. The highest BCUT2D eigenvalue weighted by atomic mass is 32.2. The van der Waals surface area contributed by atoms with Crippen molar-refractivity contribution in [2.45, 2.75) is 5.16 Å². The van der Waals surface area contributed by atoms with Gasteiger partial charge in [-0.15, -0.1) is 5.10 Å². The summed E-state index contributed by atoms with van der Waals surface area (Å²) in [7, 11) is 3.07. The topological polar surface area (TPSA) is 91.2 Å². The average molecular weight is 371 g/mol. The molecule has 2 aromatic carbocycles. The summed E-state index contributed by atoms with van der Waals surface area (Å²) in [5.74, 6) is 0.798. The Labute approximate surface area is 154 Å². The van der Waals surface area contributed by atoms with Gasteiger partial charge in [0.25, 0.3) is 5.91 Å². The second-order valence-corrected chi connectivity index (χ2v) is 5.92. The molecule has 0 radical (unpaired) electrons. The SMILES string of the molecule is COc1ccc(C(=O)Nc2cccc(-n3nnnc3SC)c2)cc1OC. The number of hydrogen-bond donors (Lipinski definition) is 1. The lowest BCUT2D eigenvalue weighted by molar-refractivity contribution is 0.102. The number of hydrogen-bond acceptors (Lipinski definition) is 7. The summed E-state index contributed by atoms with van der Waals surface area (Å²) < 4.78 is 12.0. The number of carbonyl (C=O) groups is 1. The number of nitrogens with zero attached hydrogens (tertiary/aromatic N) is 4. The van der Waals surface area contributed by atoms with E-state index < -0.39 is 0 Å². The van der Waals surface area contributed by atoms with Gasteiger partial charge in [0.1, 0.15) is 0 Å². The highest BCUT2D eigenvalue weighted by Gasteiger charge is 2.12. The van der Waals surface area contributed by atoms with Crippen LogP contribution in [0.25, 0.3) is 5.69 Å². The number of nitrogens with one attached hydrogen (secondary N) is 1. The predicted molar refractivity (Wildman–Crippen MR) is 98.4 cm³/mol. The molecule has 0 bridgehead atoms. The first-order valence-electron chi connectivity index (χ1n) is 7.62. The Hall–Kier alpha value is -3.07. The van der Waals surface area contributed by atoms with Gasteiger partial charge in [-0.25, -0.2) is 0 Å². The number of methoxy groups -OCH3 is 2. The van der Waals surface area contributed by atoms with Crippen molar-refractivity contribution in [1.29, 1.82) is 0 Å². The van der Waals surface area contributed by atoms with Crippen LogP contribution in [-0.4, -0.2) is 46.6 Å². The molecule has 1 amide bonds. The zero-order valence-corrected chi connectivity index (χ0v) is 15.3. The normalized spacial score (nSPS) is 10.4.